The summed E-state index contributed by atoms with van der Waals surface area (Å²) < 4.78 is 0. The lowest BCUT2D eigenvalue weighted by atomic mass is 10.1. The second kappa shape index (κ2) is 12.5. The van der Waals surface area contributed by atoms with Crippen molar-refractivity contribution < 1.29 is 35.1 Å². The van der Waals surface area contributed by atoms with Crippen LogP contribution in [-0.4, -0.2) is 94.4 Å². The number of amides is 2. The van der Waals surface area contributed by atoms with Crippen LogP contribution in [-0.2, 0) is 0 Å². The zero-order valence-electron chi connectivity index (χ0n) is 15.1. The van der Waals surface area contributed by atoms with E-state index in [4.69, 9.17) is 21.8 Å². The van der Waals surface area contributed by atoms with Crippen molar-refractivity contribution in [3.63, 3.8) is 0 Å². The third-order valence-corrected chi connectivity index (χ3v) is 3.95. The van der Waals surface area contributed by atoms with Crippen LogP contribution in [0.3, 0.4) is 0 Å². The zero-order valence-corrected chi connectivity index (χ0v) is 15.9. The first kappa shape index (κ1) is 24.1. The van der Waals surface area contributed by atoms with Gasteiger partial charge in [-0.05, 0) is 18.2 Å². The molecule has 0 fully saturated rings. The van der Waals surface area contributed by atoms with Crippen LogP contribution in [0.25, 0.3) is 0 Å². The van der Waals surface area contributed by atoms with Crippen molar-refractivity contribution >= 4 is 29.1 Å². The average molecular weight is 420 g/mol. The van der Waals surface area contributed by atoms with Crippen molar-refractivity contribution in [2.45, 2.75) is 18.3 Å². The van der Waals surface area contributed by atoms with Gasteiger partial charge >= 0.3 is 0 Å². The number of rotatable bonds is 12. The molecular weight excluding hydrogens is 394 g/mol. The summed E-state index contributed by atoms with van der Waals surface area (Å²) >= 11 is 5.54. The number of benzene rings is 1. The van der Waals surface area contributed by atoms with Crippen molar-refractivity contribution in [3.8, 4) is 0 Å². The number of aliphatic hydroxyl groups excluding tert-OH is 5. The number of aliphatic hydroxyl groups is 5. The molecular formula is C17H26ClN3O7. The van der Waals surface area contributed by atoms with Crippen LogP contribution < -0.4 is 16.0 Å². The van der Waals surface area contributed by atoms with Crippen molar-refractivity contribution in [1.29, 1.82) is 0 Å². The van der Waals surface area contributed by atoms with Gasteiger partial charge in [0, 0.05) is 36.4 Å². The molecule has 0 saturated carbocycles. The molecule has 3 unspecified atom stereocenters. The van der Waals surface area contributed by atoms with Gasteiger partial charge in [0.25, 0.3) is 11.8 Å². The number of halogens is 1. The Kier molecular flexibility index (Phi) is 10.8. The Morgan fingerprint density at radius 3 is 1.68 bits per heavy atom. The second-order valence-corrected chi connectivity index (χ2v) is 6.39. The molecule has 3 atom stereocenters. The fourth-order valence-electron chi connectivity index (χ4n) is 2.04. The Labute approximate surface area is 167 Å². The summed E-state index contributed by atoms with van der Waals surface area (Å²) in [6, 6.07) is 4.20. The molecule has 0 bridgehead atoms. The largest absolute Gasteiger partial charge is 0.394 e. The predicted molar refractivity (Wildman–Crippen MR) is 103 cm³/mol. The summed E-state index contributed by atoms with van der Waals surface area (Å²) in [5.74, 6) is -1.17. The summed E-state index contributed by atoms with van der Waals surface area (Å²) in [5.41, 5.74) is 0.569. The minimum Gasteiger partial charge on any atom is -0.394 e. The Balaban J connectivity index is 2.99. The van der Waals surface area contributed by atoms with E-state index in [1.54, 1.807) is 0 Å². The Bertz CT molecular complexity index is 603. The van der Waals surface area contributed by atoms with E-state index in [9.17, 15) is 24.9 Å². The van der Waals surface area contributed by atoms with E-state index in [0.29, 0.717) is 5.69 Å². The lowest BCUT2D eigenvalue weighted by Crippen LogP contribution is -2.35. The highest BCUT2D eigenvalue weighted by molar-refractivity contribution is 6.18. The number of carbonyl (C=O) groups excluding carboxylic acids is 2. The summed E-state index contributed by atoms with van der Waals surface area (Å²) in [4.78, 5) is 24.6. The first-order chi connectivity index (χ1) is 13.3. The van der Waals surface area contributed by atoms with Crippen molar-refractivity contribution in [3.05, 3.63) is 29.3 Å². The standard InChI is InChI=1S/C17H26ClN3O7/c18-4-13(24)5-19-12-2-10(16(27)20-6-14(25)8-22)1-11(3-12)17(28)21-7-15(26)9-23/h1-3,13-15,19,22-26H,4-9H2,(H,20,27)(H,21,28). The van der Waals surface area contributed by atoms with Crippen LogP contribution in [0.4, 0.5) is 5.69 Å². The van der Waals surface area contributed by atoms with E-state index in [0.717, 1.165) is 0 Å². The van der Waals surface area contributed by atoms with Crippen LogP contribution >= 0.6 is 11.6 Å². The molecule has 0 aliphatic carbocycles. The summed E-state index contributed by atoms with van der Waals surface area (Å²) in [7, 11) is 0. The third-order valence-electron chi connectivity index (χ3n) is 3.60. The number of carbonyl (C=O) groups is 2. The highest BCUT2D eigenvalue weighted by Crippen LogP contribution is 2.16. The molecule has 28 heavy (non-hydrogen) atoms. The average Bonchev–Trinajstić information content (AvgIpc) is 2.72. The minimum atomic E-state index is -1.12. The molecule has 1 aromatic carbocycles. The van der Waals surface area contributed by atoms with E-state index < -0.39 is 43.3 Å². The zero-order chi connectivity index (χ0) is 21.1. The number of anilines is 1. The van der Waals surface area contributed by atoms with Gasteiger partial charge in [-0.3, -0.25) is 9.59 Å². The van der Waals surface area contributed by atoms with E-state index in [1.165, 1.54) is 18.2 Å². The van der Waals surface area contributed by atoms with Gasteiger partial charge in [0.05, 0.1) is 37.4 Å². The SMILES string of the molecule is O=C(NCC(O)CO)c1cc(NCC(O)CCl)cc(C(=O)NCC(O)CO)c1. The first-order valence-corrected chi connectivity index (χ1v) is 9.11. The fourth-order valence-corrected chi connectivity index (χ4v) is 2.15. The topological polar surface area (TPSA) is 171 Å². The van der Waals surface area contributed by atoms with E-state index in [-0.39, 0.29) is 36.6 Å². The van der Waals surface area contributed by atoms with Gasteiger partial charge in [-0.25, -0.2) is 0 Å². The molecule has 8 N–H and O–H groups in total. The van der Waals surface area contributed by atoms with Crippen molar-refractivity contribution in [1.82, 2.24) is 10.6 Å². The Morgan fingerprint density at radius 2 is 1.29 bits per heavy atom. The van der Waals surface area contributed by atoms with Gasteiger partial charge in [-0.2, -0.15) is 0 Å². The molecule has 10 nitrogen and oxygen atoms in total. The molecule has 158 valence electrons. The molecule has 1 aromatic rings. The van der Waals surface area contributed by atoms with Gasteiger partial charge < -0.3 is 41.5 Å². The summed E-state index contributed by atoms with van der Waals surface area (Å²) in [6.07, 6.45) is -3.07. The molecule has 0 aliphatic heterocycles. The van der Waals surface area contributed by atoms with Gasteiger partial charge in [0.15, 0.2) is 0 Å². The van der Waals surface area contributed by atoms with Crippen LogP contribution in [0, 0.1) is 0 Å². The lowest BCUT2D eigenvalue weighted by molar-refractivity contribution is 0.0800. The number of alkyl halides is 1. The van der Waals surface area contributed by atoms with Crippen LogP contribution in [0.2, 0.25) is 0 Å². The summed E-state index contributed by atoms with van der Waals surface area (Å²) in [5, 5.41) is 53.6. The monoisotopic (exact) mass is 419 g/mol. The molecule has 11 heteroatoms. The Morgan fingerprint density at radius 1 is 0.821 bits per heavy atom. The highest BCUT2D eigenvalue weighted by Gasteiger charge is 2.15. The Hall–Kier alpha value is -1.95. The molecule has 0 aliphatic rings. The molecule has 0 aromatic heterocycles. The summed E-state index contributed by atoms with van der Waals surface area (Å²) in [6.45, 7) is -1.30. The highest BCUT2D eigenvalue weighted by atomic mass is 35.5. The molecule has 2 amide bonds. The second-order valence-electron chi connectivity index (χ2n) is 6.08. The van der Waals surface area contributed by atoms with Gasteiger partial charge in [0.2, 0.25) is 0 Å². The van der Waals surface area contributed by atoms with Gasteiger partial charge in [0.1, 0.15) is 0 Å². The fraction of sp³-hybridized carbons (Fsp3) is 0.529. The van der Waals surface area contributed by atoms with E-state index in [1.807, 2.05) is 0 Å². The molecule has 0 saturated heterocycles. The minimum absolute atomic E-state index is 0.00137. The number of hydrogen-bond acceptors (Lipinski definition) is 8. The quantitative estimate of drug-likeness (QED) is 0.177. The molecule has 0 heterocycles. The predicted octanol–water partition coefficient (Wildman–Crippen LogP) is -2.14. The van der Waals surface area contributed by atoms with Crippen LogP contribution in [0.5, 0.6) is 0 Å². The maximum Gasteiger partial charge on any atom is 0.251 e. The van der Waals surface area contributed by atoms with Crippen molar-refractivity contribution in [2.24, 2.45) is 0 Å². The van der Waals surface area contributed by atoms with Gasteiger partial charge in [-0.1, -0.05) is 0 Å². The van der Waals surface area contributed by atoms with Gasteiger partial charge in [-0.15, -0.1) is 11.6 Å². The molecule has 1 rings (SSSR count). The number of nitrogens with one attached hydrogen (secondary N) is 3. The maximum atomic E-state index is 12.3. The smallest absolute Gasteiger partial charge is 0.251 e. The van der Waals surface area contributed by atoms with Crippen LogP contribution in [0.1, 0.15) is 20.7 Å². The van der Waals surface area contributed by atoms with E-state index >= 15 is 0 Å². The van der Waals surface area contributed by atoms with Crippen molar-refractivity contribution in [2.75, 3.05) is 44.0 Å². The molecule has 0 spiro atoms. The maximum absolute atomic E-state index is 12.3. The third kappa shape index (κ3) is 8.38. The lowest BCUT2D eigenvalue weighted by Gasteiger charge is -2.15. The van der Waals surface area contributed by atoms with E-state index in [2.05, 4.69) is 16.0 Å². The first-order valence-electron chi connectivity index (χ1n) is 8.57. The van der Waals surface area contributed by atoms with Crippen LogP contribution in [0.15, 0.2) is 18.2 Å². The number of hydrogen-bond donors (Lipinski definition) is 8. The normalized spacial score (nSPS) is 14.1. The molecule has 0 radical (unpaired) electrons.